The SMILES string of the molecule is CCNC(=NCC(C)SC)NC1CCCCC1. The van der Waals surface area contributed by atoms with E-state index in [0.29, 0.717) is 11.3 Å². The first kappa shape index (κ1) is 14.7. The molecule has 4 heteroatoms. The molecule has 0 bridgehead atoms. The second-order valence-electron chi connectivity index (χ2n) is 4.75. The molecule has 0 spiro atoms. The fraction of sp³-hybridized carbons (Fsp3) is 0.923. The number of guanidine groups is 1. The molecule has 0 amide bonds. The molecule has 0 aliphatic heterocycles. The molecule has 0 heterocycles. The number of nitrogens with zero attached hydrogens (tertiary/aromatic N) is 1. The maximum Gasteiger partial charge on any atom is 0.191 e. The summed E-state index contributed by atoms with van der Waals surface area (Å²) in [6, 6.07) is 0.631. The maximum absolute atomic E-state index is 4.65. The summed E-state index contributed by atoms with van der Waals surface area (Å²) in [6.07, 6.45) is 8.85. The lowest BCUT2D eigenvalue weighted by molar-refractivity contribution is 0.410. The zero-order valence-corrected chi connectivity index (χ0v) is 12.3. The van der Waals surface area contributed by atoms with Crippen LogP contribution in [0.25, 0.3) is 0 Å². The van der Waals surface area contributed by atoms with E-state index in [1.807, 2.05) is 11.8 Å². The van der Waals surface area contributed by atoms with Gasteiger partial charge in [0, 0.05) is 17.8 Å². The molecule has 0 radical (unpaired) electrons. The molecule has 1 saturated carbocycles. The molecule has 1 atom stereocenters. The van der Waals surface area contributed by atoms with Crippen LogP contribution in [-0.4, -0.2) is 36.6 Å². The van der Waals surface area contributed by atoms with E-state index in [4.69, 9.17) is 0 Å². The molecule has 1 rings (SSSR count). The van der Waals surface area contributed by atoms with Crippen molar-refractivity contribution in [3.8, 4) is 0 Å². The van der Waals surface area contributed by atoms with E-state index in [9.17, 15) is 0 Å². The van der Waals surface area contributed by atoms with Crippen molar-refractivity contribution in [2.24, 2.45) is 4.99 Å². The molecule has 3 nitrogen and oxygen atoms in total. The zero-order valence-electron chi connectivity index (χ0n) is 11.5. The van der Waals surface area contributed by atoms with Crippen LogP contribution in [0.15, 0.2) is 4.99 Å². The van der Waals surface area contributed by atoms with E-state index < -0.39 is 0 Å². The second-order valence-corrected chi connectivity index (χ2v) is 6.02. The van der Waals surface area contributed by atoms with Crippen LogP contribution in [0.3, 0.4) is 0 Å². The van der Waals surface area contributed by atoms with Gasteiger partial charge in [0.2, 0.25) is 0 Å². The van der Waals surface area contributed by atoms with Gasteiger partial charge in [-0.05, 0) is 26.0 Å². The van der Waals surface area contributed by atoms with Crippen LogP contribution in [0, 0.1) is 0 Å². The van der Waals surface area contributed by atoms with Crippen molar-refractivity contribution in [1.29, 1.82) is 0 Å². The van der Waals surface area contributed by atoms with Crippen LogP contribution < -0.4 is 10.6 Å². The highest BCUT2D eigenvalue weighted by Gasteiger charge is 2.14. The molecular weight excluding hydrogens is 230 g/mol. The van der Waals surface area contributed by atoms with Gasteiger partial charge >= 0.3 is 0 Å². The van der Waals surface area contributed by atoms with Crippen molar-refractivity contribution in [2.45, 2.75) is 57.2 Å². The largest absolute Gasteiger partial charge is 0.357 e. The summed E-state index contributed by atoms with van der Waals surface area (Å²) in [7, 11) is 0. The fourth-order valence-electron chi connectivity index (χ4n) is 2.05. The average molecular weight is 257 g/mol. The summed E-state index contributed by atoms with van der Waals surface area (Å²) in [6.45, 7) is 6.17. The Balaban J connectivity index is 2.40. The minimum absolute atomic E-state index is 0.594. The van der Waals surface area contributed by atoms with Gasteiger partial charge in [-0.15, -0.1) is 0 Å². The number of hydrogen-bond acceptors (Lipinski definition) is 2. The molecule has 1 fully saturated rings. The average Bonchev–Trinajstić information content (AvgIpc) is 2.37. The Kier molecular flexibility index (Phi) is 7.49. The first-order valence-corrected chi connectivity index (χ1v) is 8.12. The molecule has 17 heavy (non-hydrogen) atoms. The monoisotopic (exact) mass is 257 g/mol. The van der Waals surface area contributed by atoms with Crippen LogP contribution in [0.2, 0.25) is 0 Å². The highest BCUT2D eigenvalue weighted by molar-refractivity contribution is 7.99. The summed E-state index contributed by atoms with van der Waals surface area (Å²) in [4.78, 5) is 4.65. The van der Waals surface area contributed by atoms with Crippen molar-refractivity contribution in [3.05, 3.63) is 0 Å². The number of nitrogens with one attached hydrogen (secondary N) is 2. The Morgan fingerprint density at radius 3 is 2.65 bits per heavy atom. The van der Waals surface area contributed by atoms with Crippen molar-refractivity contribution < 1.29 is 0 Å². The van der Waals surface area contributed by atoms with E-state index in [2.05, 4.69) is 35.7 Å². The lowest BCUT2D eigenvalue weighted by atomic mass is 9.96. The Morgan fingerprint density at radius 1 is 1.35 bits per heavy atom. The standard InChI is InChI=1S/C13H27N3S/c1-4-14-13(15-10-11(2)17-3)16-12-8-6-5-7-9-12/h11-12H,4-10H2,1-3H3,(H2,14,15,16). The van der Waals surface area contributed by atoms with Crippen molar-refractivity contribution >= 4 is 17.7 Å². The summed E-state index contributed by atoms with van der Waals surface area (Å²) in [5.74, 6) is 1.00. The van der Waals surface area contributed by atoms with E-state index in [0.717, 1.165) is 19.0 Å². The van der Waals surface area contributed by atoms with E-state index in [1.165, 1.54) is 32.1 Å². The topological polar surface area (TPSA) is 36.4 Å². The van der Waals surface area contributed by atoms with Gasteiger partial charge in [0.25, 0.3) is 0 Å². The third kappa shape index (κ3) is 6.20. The van der Waals surface area contributed by atoms with Gasteiger partial charge in [0.05, 0.1) is 6.54 Å². The van der Waals surface area contributed by atoms with E-state index in [1.54, 1.807) is 0 Å². The predicted octanol–water partition coefficient (Wildman–Crippen LogP) is 2.63. The minimum Gasteiger partial charge on any atom is -0.357 e. The quantitative estimate of drug-likeness (QED) is 0.587. The van der Waals surface area contributed by atoms with Crippen molar-refractivity contribution in [3.63, 3.8) is 0 Å². The number of hydrogen-bond donors (Lipinski definition) is 2. The third-order valence-corrected chi connectivity index (χ3v) is 4.15. The van der Waals surface area contributed by atoms with Crippen molar-refractivity contribution in [1.82, 2.24) is 10.6 Å². The molecule has 1 unspecified atom stereocenters. The van der Waals surface area contributed by atoms with Gasteiger partial charge in [-0.2, -0.15) is 11.8 Å². The van der Waals surface area contributed by atoms with Crippen LogP contribution in [0.4, 0.5) is 0 Å². The first-order valence-electron chi connectivity index (χ1n) is 6.84. The van der Waals surface area contributed by atoms with Gasteiger partial charge < -0.3 is 10.6 Å². The Hall–Kier alpha value is -0.380. The summed E-state index contributed by atoms with van der Waals surface area (Å²) in [5.41, 5.74) is 0. The van der Waals surface area contributed by atoms with Gasteiger partial charge in [-0.3, -0.25) is 4.99 Å². The molecule has 1 aliphatic carbocycles. The van der Waals surface area contributed by atoms with Crippen molar-refractivity contribution in [2.75, 3.05) is 19.3 Å². The summed E-state index contributed by atoms with van der Waals surface area (Å²) >= 11 is 1.87. The smallest absolute Gasteiger partial charge is 0.191 e. The minimum atomic E-state index is 0.594. The highest BCUT2D eigenvalue weighted by atomic mass is 32.2. The zero-order chi connectivity index (χ0) is 12.5. The van der Waals surface area contributed by atoms with Gasteiger partial charge in [0.1, 0.15) is 0 Å². The molecule has 0 aromatic carbocycles. The molecule has 1 aliphatic rings. The fourth-order valence-corrected chi connectivity index (χ4v) is 2.28. The number of aliphatic imine (C=N–C) groups is 1. The molecule has 0 saturated heterocycles. The number of thioether (sulfide) groups is 1. The highest BCUT2D eigenvalue weighted by Crippen LogP contribution is 2.17. The van der Waals surface area contributed by atoms with Crippen LogP contribution >= 0.6 is 11.8 Å². The predicted molar refractivity (Wildman–Crippen MR) is 79.0 cm³/mol. The van der Waals surface area contributed by atoms with Gasteiger partial charge in [-0.1, -0.05) is 26.2 Å². The van der Waals surface area contributed by atoms with Crippen LogP contribution in [0.1, 0.15) is 46.0 Å². The normalized spacial score (nSPS) is 20.1. The lowest BCUT2D eigenvalue weighted by Crippen LogP contribution is -2.44. The summed E-state index contributed by atoms with van der Waals surface area (Å²) < 4.78 is 0. The van der Waals surface area contributed by atoms with Gasteiger partial charge in [-0.25, -0.2) is 0 Å². The Morgan fingerprint density at radius 2 is 2.06 bits per heavy atom. The van der Waals surface area contributed by atoms with Gasteiger partial charge in [0.15, 0.2) is 5.96 Å². The van der Waals surface area contributed by atoms with E-state index in [-0.39, 0.29) is 0 Å². The molecule has 0 aromatic rings. The molecule has 2 N–H and O–H groups in total. The first-order chi connectivity index (χ1) is 8.26. The van der Waals surface area contributed by atoms with Crippen LogP contribution in [-0.2, 0) is 0 Å². The van der Waals surface area contributed by atoms with E-state index >= 15 is 0 Å². The van der Waals surface area contributed by atoms with Crippen LogP contribution in [0.5, 0.6) is 0 Å². The third-order valence-electron chi connectivity index (χ3n) is 3.20. The Labute approximate surface area is 110 Å². The maximum atomic E-state index is 4.65. The number of rotatable bonds is 5. The Bertz CT molecular complexity index is 225. The summed E-state index contributed by atoms with van der Waals surface area (Å²) in [5, 5.41) is 7.50. The molecule has 100 valence electrons. The molecular formula is C13H27N3S. The molecule has 0 aromatic heterocycles. The lowest BCUT2D eigenvalue weighted by Gasteiger charge is -2.25. The second kappa shape index (κ2) is 8.67.